The molecule has 0 saturated heterocycles. The number of ketones is 1. The molecule has 0 radical (unpaired) electrons. The van der Waals surface area contributed by atoms with Crippen LogP contribution in [0.3, 0.4) is 0 Å². The third-order valence-electron chi connectivity index (χ3n) is 10.7. The highest BCUT2D eigenvalue weighted by Crippen LogP contribution is 2.70. The average Bonchev–Trinajstić information content (AvgIpc) is 2.98. The maximum absolute atomic E-state index is 13.5. The highest BCUT2D eigenvalue weighted by atomic mass is 16.4. The summed E-state index contributed by atoms with van der Waals surface area (Å²) >= 11 is 0. The van der Waals surface area contributed by atoms with Crippen molar-refractivity contribution in [1.82, 2.24) is 0 Å². The predicted molar refractivity (Wildman–Crippen MR) is 111 cm³/mol. The Morgan fingerprint density at radius 2 is 1.79 bits per heavy atom. The van der Waals surface area contributed by atoms with Gasteiger partial charge in [0, 0.05) is 18.8 Å². The Morgan fingerprint density at radius 3 is 2.50 bits per heavy atom. The zero-order valence-corrected chi connectivity index (χ0v) is 18.4. The molecule has 0 spiro atoms. The van der Waals surface area contributed by atoms with Gasteiger partial charge in [-0.2, -0.15) is 0 Å². The molecule has 4 saturated carbocycles. The highest BCUT2D eigenvalue weighted by molar-refractivity contribution is 5.84. The summed E-state index contributed by atoms with van der Waals surface area (Å²) in [6.07, 6.45) is 11.8. The Bertz CT molecular complexity index is 656. The van der Waals surface area contributed by atoms with Gasteiger partial charge in [0.2, 0.25) is 0 Å². The van der Waals surface area contributed by atoms with Gasteiger partial charge < -0.3 is 5.11 Å². The smallest absolute Gasteiger partial charge is 0.303 e. The highest BCUT2D eigenvalue weighted by Gasteiger charge is 2.65. The number of carbonyl (C=O) groups excluding carboxylic acids is 1. The van der Waals surface area contributed by atoms with E-state index in [2.05, 4.69) is 27.7 Å². The largest absolute Gasteiger partial charge is 0.481 e. The van der Waals surface area contributed by atoms with Gasteiger partial charge in [-0.15, -0.1) is 0 Å². The van der Waals surface area contributed by atoms with Crippen LogP contribution in [0.25, 0.3) is 0 Å². The minimum absolute atomic E-state index is 0.212. The number of hydrogen-bond acceptors (Lipinski definition) is 2. The van der Waals surface area contributed by atoms with E-state index in [9.17, 15) is 9.59 Å². The molecule has 8 atom stereocenters. The standard InChI is InChI=1S/C25H40O3/c1-16(7-10-21(27)28)17-8-9-18-22-19(11-14-24(17,18)3)25(4)13-6-5-12-23(25,2)15-20(22)26/h16-19,22H,5-15H2,1-4H3,(H,27,28)/t16?,17-,18?,19?,22?,23+,24-,25-/m1/s1. The lowest BCUT2D eigenvalue weighted by Gasteiger charge is -2.64. The second kappa shape index (κ2) is 6.84. The first-order chi connectivity index (χ1) is 13.1. The number of aliphatic carboxylic acids is 1. The van der Waals surface area contributed by atoms with Gasteiger partial charge in [-0.3, -0.25) is 9.59 Å². The summed E-state index contributed by atoms with van der Waals surface area (Å²) < 4.78 is 0. The fourth-order valence-electron chi connectivity index (χ4n) is 8.85. The van der Waals surface area contributed by atoms with Gasteiger partial charge in [0.1, 0.15) is 5.78 Å². The van der Waals surface area contributed by atoms with Crippen molar-refractivity contribution in [3.63, 3.8) is 0 Å². The van der Waals surface area contributed by atoms with E-state index in [0.29, 0.717) is 34.9 Å². The van der Waals surface area contributed by atoms with Gasteiger partial charge in [-0.1, -0.05) is 40.5 Å². The lowest BCUT2D eigenvalue weighted by molar-refractivity contribution is -0.172. The summed E-state index contributed by atoms with van der Waals surface area (Å²) in [5.41, 5.74) is 0.774. The number of fused-ring (bicyclic) bond motifs is 5. The molecule has 1 N–H and O–H groups in total. The van der Waals surface area contributed by atoms with Gasteiger partial charge in [0.25, 0.3) is 0 Å². The topological polar surface area (TPSA) is 54.4 Å². The van der Waals surface area contributed by atoms with E-state index in [1.165, 1.54) is 51.4 Å². The van der Waals surface area contributed by atoms with Crippen molar-refractivity contribution in [3.8, 4) is 0 Å². The lowest BCUT2D eigenvalue weighted by Crippen LogP contribution is -2.60. The molecule has 0 aromatic heterocycles. The summed E-state index contributed by atoms with van der Waals surface area (Å²) in [6, 6.07) is 0. The van der Waals surface area contributed by atoms with E-state index in [1.807, 2.05) is 0 Å². The third kappa shape index (κ3) is 2.82. The maximum Gasteiger partial charge on any atom is 0.303 e. The summed E-state index contributed by atoms with van der Waals surface area (Å²) in [5.74, 6) is 2.29. The van der Waals surface area contributed by atoms with E-state index >= 15 is 0 Å². The second-order valence-corrected chi connectivity index (χ2v) is 11.7. The summed E-state index contributed by atoms with van der Waals surface area (Å²) in [4.78, 5) is 24.6. The van der Waals surface area contributed by atoms with Gasteiger partial charge in [-0.25, -0.2) is 0 Å². The minimum atomic E-state index is -0.678. The molecule has 0 aromatic rings. The lowest BCUT2D eigenvalue weighted by atomic mass is 9.40. The molecule has 158 valence electrons. The van der Waals surface area contributed by atoms with Crippen LogP contribution in [0.2, 0.25) is 0 Å². The van der Waals surface area contributed by atoms with Crippen LogP contribution >= 0.6 is 0 Å². The number of carbonyl (C=O) groups is 2. The number of carboxylic acid groups (broad SMARTS) is 1. The van der Waals surface area contributed by atoms with Crippen LogP contribution in [0.4, 0.5) is 0 Å². The van der Waals surface area contributed by atoms with E-state index in [1.54, 1.807) is 0 Å². The van der Waals surface area contributed by atoms with Crippen LogP contribution in [0, 0.1) is 45.8 Å². The number of rotatable bonds is 4. The van der Waals surface area contributed by atoms with Crippen molar-refractivity contribution >= 4 is 11.8 Å². The summed E-state index contributed by atoms with van der Waals surface area (Å²) in [7, 11) is 0. The molecule has 0 amide bonds. The first-order valence-electron chi connectivity index (χ1n) is 11.9. The van der Waals surface area contributed by atoms with Crippen molar-refractivity contribution in [2.45, 2.75) is 98.3 Å². The maximum atomic E-state index is 13.5. The monoisotopic (exact) mass is 388 g/mol. The van der Waals surface area contributed by atoms with Crippen LogP contribution in [0.15, 0.2) is 0 Å². The van der Waals surface area contributed by atoms with Crippen LogP contribution in [0.1, 0.15) is 98.3 Å². The van der Waals surface area contributed by atoms with Crippen molar-refractivity contribution < 1.29 is 14.7 Å². The van der Waals surface area contributed by atoms with Crippen molar-refractivity contribution in [1.29, 1.82) is 0 Å². The Hall–Kier alpha value is -0.860. The van der Waals surface area contributed by atoms with E-state index in [4.69, 9.17) is 5.11 Å². The molecular formula is C25H40O3. The Morgan fingerprint density at radius 1 is 1.07 bits per heavy atom. The van der Waals surface area contributed by atoms with Crippen LogP contribution in [0.5, 0.6) is 0 Å². The van der Waals surface area contributed by atoms with Crippen molar-refractivity contribution in [3.05, 3.63) is 0 Å². The molecule has 0 heterocycles. The SMILES string of the molecule is CC(CCC(=O)O)[C@H]1CCC2C3C(=O)C[C@]4(C)CCCC[C@]4(C)C3CC[C@@]21C. The molecule has 3 heteroatoms. The van der Waals surface area contributed by atoms with Crippen LogP contribution in [-0.2, 0) is 9.59 Å². The predicted octanol–water partition coefficient (Wildman–Crippen LogP) is 6.11. The molecule has 4 unspecified atom stereocenters. The van der Waals surface area contributed by atoms with Gasteiger partial charge in [0.05, 0.1) is 0 Å². The van der Waals surface area contributed by atoms with Gasteiger partial charge in [-0.05, 0) is 84.9 Å². The zero-order valence-electron chi connectivity index (χ0n) is 18.4. The fourth-order valence-corrected chi connectivity index (χ4v) is 8.85. The Kier molecular flexibility index (Phi) is 4.99. The molecule has 0 bridgehead atoms. The zero-order chi connectivity index (χ0) is 20.3. The fraction of sp³-hybridized carbons (Fsp3) is 0.920. The van der Waals surface area contributed by atoms with Crippen molar-refractivity contribution in [2.24, 2.45) is 45.8 Å². The molecular weight excluding hydrogens is 348 g/mol. The molecule has 4 aliphatic rings. The van der Waals surface area contributed by atoms with Gasteiger partial charge in [0.15, 0.2) is 0 Å². The molecule has 4 aliphatic carbocycles. The van der Waals surface area contributed by atoms with Crippen LogP contribution in [-0.4, -0.2) is 16.9 Å². The first kappa shape index (κ1) is 20.4. The van der Waals surface area contributed by atoms with E-state index in [-0.39, 0.29) is 23.2 Å². The molecule has 3 nitrogen and oxygen atoms in total. The normalized spacial score (nSPS) is 49.1. The summed E-state index contributed by atoms with van der Waals surface area (Å²) in [6.45, 7) is 9.66. The van der Waals surface area contributed by atoms with E-state index < -0.39 is 5.97 Å². The average molecular weight is 389 g/mol. The molecule has 4 fully saturated rings. The number of carboxylic acids is 1. The second-order valence-electron chi connectivity index (χ2n) is 11.7. The quantitative estimate of drug-likeness (QED) is 0.632. The minimum Gasteiger partial charge on any atom is -0.481 e. The van der Waals surface area contributed by atoms with Crippen molar-refractivity contribution in [2.75, 3.05) is 0 Å². The summed E-state index contributed by atoms with van der Waals surface area (Å²) in [5, 5.41) is 9.11. The third-order valence-corrected chi connectivity index (χ3v) is 10.7. The first-order valence-corrected chi connectivity index (χ1v) is 11.9. The molecule has 0 aromatic carbocycles. The molecule has 0 aliphatic heterocycles. The van der Waals surface area contributed by atoms with Gasteiger partial charge >= 0.3 is 5.97 Å². The molecule has 28 heavy (non-hydrogen) atoms. The van der Waals surface area contributed by atoms with Crippen LogP contribution < -0.4 is 0 Å². The number of Topliss-reactive ketones (excluding diaryl/α,β-unsaturated/α-hetero) is 1. The molecule has 4 rings (SSSR count). The Balaban J connectivity index is 1.60. The number of hydrogen-bond donors (Lipinski definition) is 1. The van der Waals surface area contributed by atoms with E-state index in [0.717, 1.165) is 12.8 Å². The Labute approximate surface area is 171 Å².